The Morgan fingerprint density at radius 3 is 2.57 bits per heavy atom. The van der Waals surface area contributed by atoms with Gasteiger partial charge < -0.3 is 4.74 Å². The molecule has 2 nitrogen and oxygen atoms in total. The van der Waals surface area contributed by atoms with Gasteiger partial charge in [0.05, 0.1) is 12.0 Å². The molecule has 0 unspecified atom stereocenters. The first kappa shape index (κ1) is 14.3. The first-order chi connectivity index (χ1) is 6.54. The van der Waals surface area contributed by atoms with Gasteiger partial charge in [0, 0.05) is 11.1 Å². The first-order valence-electron chi connectivity index (χ1n) is 4.85. The van der Waals surface area contributed by atoms with Gasteiger partial charge in [-0.25, -0.2) is 0 Å². The highest BCUT2D eigenvalue weighted by molar-refractivity contribution is 9.09. The standard InChI is InChI=1S/C10H19BrO2S/c1-4-13-9(12)10(2,3)5-7-14-8-6-11/h4-8H2,1-3H3. The maximum absolute atomic E-state index is 11.5. The van der Waals surface area contributed by atoms with E-state index in [9.17, 15) is 4.79 Å². The number of carbonyl (C=O) groups excluding carboxylic acids is 1. The van der Waals surface area contributed by atoms with Gasteiger partial charge in [-0.15, -0.1) is 0 Å². The predicted octanol–water partition coefficient (Wildman–Crippen LogP) is 3.09. The number of halogens is 1. The van der Waals surface area contributed by atoms with E-state index in [1.165, 1.54) is 0 Å². The molecule has 0 bridgehead atoms. The van der Waals surface area contributed by atoms with Crippen molar-refractivity contribution in [2.45, 2.75) is 27.2 Å². The van der Waals surface area contributed by atoms with E-state index >= 15 is 0 Å². The lowest BCUT2D eigenvalue weighted by molar-refractivity contribution is -0.153. The minimum absolute atomic E-state index is 0.0838. The Bertz CT molecular complexity index is 172. The fourth-order valence-corrected chi connectivity index (χ4v) is 2.57. The van der Waals surface area contributed by atoms with Crippen molar-refractivity contribution in [3.8, 4) is 0 Å². The molecule has 0 rings (SSSR count). The number of ether oxygens (including phenoxy) is 1. The Balaban J connectivity index is 3.76. The third-order valence-corrected chi connectivity index (χ3v) is 3.83. The van der Waals surface area contributed by atoms with Gasteiger partial charge in [-0.3, -0.25) is 4.79 Å². The lowest BCUT2D eigenvalue weighted by Gasteiger charge is -2.21. The summed E-state index contributed by atoms with van der Waals surface area (Å²) >= 11 is 5.23. The Kier molecular flexibility index (Phi) is 7.74. The number of carbonyl (C=O) groups is 1. The van der Waals surface area contributed by atoms with E-state index in [0.29, 0.717) is 6.61 Å². The molecule has 0 saturated heterocycles. The van der Waals surface area contributed by atoms with Gasteiger partial charge in [-0.05, 0) is 32.9 Å². The van der Waals surface area contributed by atoms with Gasteiger partial charge in [-0.1, -0.05) is 15.9 Å². The summed E-state index contributed by atoms with van der Waals surface area (Å²) in [5.41, 5.74) is -0.338. The number of hydrogen-bond donors (Lipinski definition) is 0. The van der Waals surface area contributed by atoms with Crippen molar-refractivity contribution >= 4 is 33.7 Å². The summed E-state index contributed by atoms with van der Waals surface area (Å²) in [6, 6.07) is 0. The average molecular weight is 283 g/mol. The summed E-state index contributed by atoms with van der Waals surface area (Å²) in [4.78, 5) is 11.5. The monoisotopic (exact) mass is 282 g/mol. The van der Waals surface area contributed by atoms with E-state index in [4.69, 9.17) is 4.74 Å². The molecule has 0 heterocycles. The lowest BCUT2D eigenvalue weighted by Crippen LogP contribution is -2.27. The minimum Gasteiger partial charge on any atom is -0.466 e. The lowest BCUT2D eigenvalue weighted by atomic mass is 9.90. The molecule has 0 aromatic heterocycles. The fraction of sp³-hybridized carbons (Fsp3) is 0.900. The zero-order chi connectivity index (χ0) is 11.0. The van der Waals surface area contributed by atoms with Crippen LogP contribution < -0.4 is 0 Å². The van der Waals surface area contributed by atoms with E-state index in [2.05, 4.69) is 15.9 Å². The summed E-state index contributed by atoms with van der Waals surface area (Å²) in [7, 11) is 0. The van der Waals surface area contributed by atoms with Crippen molar-refractivity contribution in [2.75, 3.05) is 23.4 Å². The van der Waals surface area contributed by atoms with E-state index in [0.717, 1.165) is 23.3 Å². The molecule has 0 amide bonds. The van der Waals surface area contributed by atoms with Crippen LogP contribution in [0, 0.1) is 5.41 Å². The van der Waals surface area contributed by atoms with Gasteiger partial charge in [0.1, 0.15) is 0 Å². The summed E-state index contributed by atoms with van der Waals surface area (Å²) in [5, 5.41) is 1.01. The molecule has 0 aliphatic heterocycles. The van der Waals surface area contributed by atoms with Crippen LogP contribution in [0.15, 0.2) is 0 Å². The van der Waals surface area contributed by atoms with Crippen molar-refractivity contribution in [3.63, 3.8) is 0 Å². The van der Waals surface area contributed by atoms with Gasteiger partial charge >= 0.3 is 5.97 Å². The second kappa shape index (κ2) is 7.57. The van der Waals surface area contributed by atoms with Crippen molar-refractivity contribution in [1.82, 2.24) is 0 Å². The molecule has 0 fully saturated rings. The Labute approximate surface area is 99.3 Å². The summed E-state index contributed by atoms with van der Waals surface area (Å²) in [6.07, 6.45) is 0.878. The van der Waals surface area contributed by atoms with Gasteiger partial charge in [0.25, 0.3) is 0 Å². The van der Waals surface area contributed by atoms with Crippen LogP contribution in [0.5, 0.6) is 0 Å². The SMILES string of the molecule is CCOC(=O)C(C)(C)CCSCCBr. The maximum Gasteiger partial charge on any atom is 0.311 e. The molecule has 0 aliphatic rings. The maximum atomic E-state index is 11.5. The number of esters is 1. The molecule has 0 aromatic carbocycles. The number of hydrogen-bond acceptors (Lipinski definition) is 3. The molecule has 14 heavy (non-hydrogen) atoms. The molecular formula is C10H19BrO2S. The fourth-order valence-electron chi connectivity index (χ4n) is 0.912. The van der Waals surface area contributed by atoms with E-state index in [-0.39, 0.29) is 11.4 Å². The van der Waals surface area contributed by atoms with Crippen LogP contribution in [0.25, 0.3) is 0 Å². The summed E-state index contributed by atoms with van der Waals surface area (Å²) in [5.74, 6) is 2.02. The predicted molar refractivity (Wildman–Crippen MR) is 66.2 cm³/mol. The molecular weight excluding hydrogens is 264 g/mol. The van der Waals surface area contributed by atoms with Crippen LogP contribution in [-0.2, 0) is 9.53 Å². The third kappa shape index (κ3) is 5.91. The molecule has 0 radical (unpaired) electrons. The van der Waals surface area contributed by atoms with E-state index < -0.39 is 0 Å². The first-order valence-corrected chi connectivity index (χ1v) is 7.13. The third-order valence-electron chi connectivity index (χ3n) is 1.92. The molecule has 84 valence electrons. The zero-order valence-corrected chi connectivity index (χ0v) is 11.5. The van der Waals surface area contributed by atoms with Crippen molar-refractivity contribution in [3.05, 3.63) is 0 Å². The molecule has 0 atom stereocenters. The van der Waals surface area contributed by atoms with Crippen LogP contribution in [0.2, 0.25) is 0 Å². The topological polar surface area (TPSA) is 26.3 Å². The molecule has 4 heteroatoms. The number of thioether (sulfide) groups is 1. The smallest absolute Gasteiger partial charge is 0.311 e. The van der Waals surface area contributed by atoms with E-state index in [1.54, 1.807) is 0 Å². The largest absolute Gasteiger partial charge is 0.466 e. The summed E-state index contributed by atoms with van der Waals surface area (Å²) in [6.45, 7) is 6.20. The Morgan fingerprint density at radius 2 is 2.07 bits per heavy atom. The summed E-state index contributed by atoms with van der Waals surface area (Å²) < 4.78 is 5.01. The minimum atomic E-state index is -0.338. The van der Waals surface area contributed by atoms with Crippen LogP contribution in [0.1, 0.15) is 27.2 Å². The number of rotatable bonds is 7. The van der Waals surface area contributed by atoms with Gasteiger partial charge in [0.2, 0.25) is 0 Å². The number of alkyl halides is 1. The van der Waals surface area contributed by atoms with Crippen molar-refractivity contribution in [1.29, 1.82) is 0 Å². The quantitative estimate of drug-likeness (QED) is 0.408. The van der Waals surface area contributed by atoms with Gasteiger partial charge in [-0.2, -0.15) is 11.8 Å². The molecule has 0 aromatic rings. The highest BCUT2D eigenvalue weighted by atomic mass is 79.9. The Hall–Kier alpha value is 0.300. The van der Waals surface area contributed by atoms with Crippen molar-refractivity contribution < 1.29 is 9.53 Å². The second-order valence-electron chi connectivity index (χ2n) is 3.66. The highest BCUT2D eigenvalue weighted by Gasteiger charge is 2.28. The normalized spacial score (nSPS) is 11.4. The van der Waals surface area contributed by atoms with Crippen LogP contribution >= 0.6 is 27.7 Å². The molecule has 0 spiro atoms. The zero-order valence-electron chi connectivity index (χ0n) is 9.14. The Morgan fingerprint density at radius 1 is 1.43 bits per heavy atom. The second-order valence-corrected chi connectivity index (χ2v) is 5.67. The van der Waals surface area contributed by atoms with Crippen LogP contribution in [0.3, 0.4) is 0 Å². The molecule has 0 saturated carbocycles. The van der Waals surface area contributed by atoms with E-state index in [1.807, 2.05) is 32.5 Å². The van der Waals surface area contributed by atoms with Crippen LogP contribution in [0.4, 0.5) is 0 Å². The van der Waals surface area contributed by atoms with Crippen molar-refractivity contribution in [2.24, 2.45) is 5.41 Å². The highest BCUT2D eigenvalue weighted by Crippen LogP contribution is 2.24. The molecule has 0 N–H and O–H groups in total. The molecule has 0 aliphatic carbocycles. The average Bonchev–Trinajstić information content (AvgIpc) is 2.13. The van der Waals surface area contributed by atoms with Gasteiger partial charge in [0.15, 0.2) is 0 Å². The van der Waals surface area contributed by atoms with Crippen LogP contribution in [-0.4, -0.2) is 29.4 Å².